The molecule has 4 heteroatoms. The Balaban J connectivity index is 1.90. The van der Waals surface area contributed by atoms with Crippen LogP contribution in [0.3, 0.4) is 0 Å². The average molecular weight is 302 g/mol. The van der Waals surface area contributed by atoms with Gasteiger partial charge in [-0.15, -0.1) is 11.3 Å². The molecule has 0 aliphatic carbocycles. The number of hydrogen-bond acceptors (Lipinski definition) is 3. The molecular weight excluding hydrogens is 290 g/mol. The Morgan fingerprint density at radius 3 is 2.87 bits per heavy atom. The second-order valence-electron chi connectivity index (χ2n) is 3.46. The van der Waals surface area contributed by atoms with Crippen LogP contribution in [0.4, 0.5) is 0 Å². The van der Waals surface area contributed by atoms with Gasteiger partial charge in [0.25, 0.3) is 0 Å². The molecule has 0 aromatic carbocycles. The lowest BCUT2D eigenvalue weighted by molar-refractivity contribution is 0.654. The van der Waals surface area contributed by atoms with Crippen LogP contribution in [0.1, 0.15) is 23.6 Å². The SMILES string of the molecule is NC(CCc1ccsc1)c1csc(Br)c1. The van der Waals surface area contributed by atoms with Crippen molar-refractivity contribution in [3.63, 3.8) is 0 Å². The highest BCUT2D eigenvalue weighted by Crippen LogP contribution is 2.26. The quantitative estimate of drug-likeness (QED) is 0.899. The van der Waals surface area contributed by atoms with Crippen LogP contribution in [0.2, 0.25) is 0 Å². The van der Waals surface area contributed by atoms with Gasteiger partial charge in [-0.3, -0.25) is 0 Å². The molecule has 0 aliphatic heterocycles. The molecule has 80 valence electrons. The Labute approximate surface area is 106 Å². The van der Waals surface area contributed by atoms with Crippen LogP contribution in [0.25, 0.3) is 0 Å². The summed E-state index contributed by atoms with van der Waals surface area (Å²) in [6, 6.07) is 4.44. The second-order valence-corrected chi connectivity index (χ2v) is 6.53. The predicted octanol–water partition coefficient (Wildman–Crippen LogP) is 4.20. The smallest absolute Gasteiger partial charge is 0.0701 e. The molecule has 2 rings (SSSR count). The van der Waals surface area contributed by atoms with Crippen LogP contribution in [0, 0.1) is 0 Å². The van der Waals surface area contributed by atoms with Crippen molar-refractivity contribution in [3.05, 3.63) is 43.2 Å². The molecule has 2 aromatic rings. The summed E-state index contributed by atoms with van der Waals surface area (Å²) in [5.41, 5.74) is 8.75. The minimum atomic E-state index is 0.160. The standard InChI is InChI=1S/C11H12BrNS2/c12-11-5-9(7-15-11)10(13)2-1-8-3-4-14-6-8/h3-7,10H,1-2,13H2. The summed E-state index contributed by atoms with van der Waals surface area (Å²) in [6.07, 6.45) is 2.08. The first kappa shape index (κ1) is 11.3. The maximum absolute atomic E-state index is 6.11. The normalized spacial score (nSPS) is 12.9. The first-order valence-corrected chi connectivity index (χ1v) is 7.38. The third kappa shape index (κ3) is 3.14. The van der Waals surface area contributed by atoms with Gasteiger partial charge in [0.05, 0.1) is 3.79 Å². The van der Waals surface area contributed by atoms with E-state index in [2.05, 4.69) is 44.2 Å². The third-order valence-electron chi connectivity index (χ3n) is 2.34. The lowest BCUT2D eigenvalue weighted by Gasteiger charge is -2.08. The summed E-state index contributed by atoms with van der Waals surface area (Å²) >= 11 is 6.89. The maximum atomic E-state index is 6.11. The van der Waals surface area contributed by atoms with E-state index in [1.807, 2.05) is 0 Å². The molecule has 2 aromatic heterocycles. The van der Waals surface area contributed by atoms with Gasteiger partial charge in [-0.1, -0.05) is 0 Å². The second kappa shape index (κ2) is 5.25. The highest BCUT2D eigenvalue weighted by molar-refractivity contribution is 9.11. The Bertz CT molecular complexity index is 408. The lowest BCUT2D eigenvalue weighted by atomic mass is 10.0. The molecule has 0 amide bonds. The highest BCUT2D eigenvalue weighted by atomic mass is 79.9. The summed E-state index contributed by atoms with van der Waals surface area (Å²) < 4.78 is 1.16. The van der Waals surface area contributed by atoms with Crippen molar-refractivity contribution in [2.45, 2.75) is 18.9 Å². The van der Waals surface area contributed by atoms with Gasteiger partial charge in [-0.2, -0.15) is 11.3 Å². The predicted molar refractivity (Wildman–Crippen MR) is 71.6 cm³/mol. The molecule has 0 fully saturated rings. The van der Waals surface area contributed by atoms with E-state index in [-0.39, 0.29) is 6.04 Å². The van der Waals surface area contributed by atoms with Crippen molar-refractivity contribution in [3.8, 4) is 0 Å². The zero-order chi connectivity index (χ0) is 10.7. The topological polar surface area (TPSA) is 26.0 Å². The molecule has 0 bridgehead atoms. The monoisotopic (exact) mass is 301 g/mol. The van der Waals surface area contributed by atoms with Crippen LogP contribution in [0.15, 0.2) is 32.1 Å². The van der Waals surface area contributed by atoms with E-state index in [0.717, 1.165) is 16.6 Å². The van der Waals surface area contributed by atoms with Crippen molar-refractivity contribution < 1.29 is 0 Å². The van der Waals surface area contributed by atoms with Gasteiger partial charge in [0.15, 0.2) is 0 Å². The van der Waals surface area contributed by atoms with Gasteiger partial charge in [0.2, 0.25) is 0 Å². The van der Waals surface area contributed by atoms with E-state index in [9.17, 15) is 0 Å². The average Bonchev–Trinajstić information content (AvgIpc) is 2.84. The Morgan fingerprint density at radius 2 is 2.27 bits per heavy atom. The molecule has 0 saturated heterocycles. The maximum Gasteiger partial charge on any atom is 0.0701 e. The number of thiophene rings is 2. The van der Waals surface area contributed by atoms with Gasteiger partial charge >= 0.3 is 0 Å². The zero-order valence-electron chi connectivity index (χ0n) is 8.15. The van der Waals surface area contributed by atoms with Crippen LogP contribution in [-0.4, -0.2) is 0 Å². The molecule has 1 unspecified atom stereocenters. The van der Waals surface area contributed by atoms with Crippen LogP contribution >= 0.6 is 38.6 Å². The van der Waals surface area contributed by atoms with Crippen molar-refractivity contribution in [2.75, 3.05) is 0 Å². The number of hydrogen-bond donors (Lipinski definition) is 1. The summed E-state index contributed by atoms with van der Waals surface area (Å²) in [5.74, 6) is 0. The van der Waals surface area contributed by atoms with Gasteiger partial charge in [-0.05, 0) is 68.2 Å². The highest BCUT2D eigenvalue weighted by Gasteiger charge is 2.08. The number of nitrogens with two attached hydrogens (primary N) is 1. The fraction of sp³-hybridized carbons (Fsp3) is 0.273. The zero-order valence-corrected chi connectivity index (χ0v) is 11.4. The van der Waals surface area contributed by atoms with Crippen molar-refractivity contribution >= 4 is 38.6 Å². The van der Waals surface area contributed by atoms with E-state index in [0.29, 0.717) is 0 Å². The number of halogens is 1. The molecule has 2 heterocycles. The Kier molecular flexibility index (Phi) is 3.97. The first-order chi connectivity index (χ1) is 7.25. The number of rotatable bonds is 4. The van der Waals surface area contributed by atoms with Crippen molar-refractivity contribution in [2.24, 2.45) is 5.73 Å². The lowest BCUT2D eigenvalue weighted by Crippen LogP contribution is -2.10. The largest absolute Gasteiger partial charge is 0.324 e. The van der Waals surface area contributed by atoms with Crippen molar-refractivity contribution in [1.29, 1.82) is 0 Å². The minimum Gasteiger partial charge on any atom is -0.324 e. The van der Waals surface area contributed by atoms with Gasteiger partial charge in [0.1, 0.15) is 0 Å². The minimum absolute atomic E-state index is 0.160. The molecule has 2 N–H and O–H groups in total. The van der Waals surface area contributed by atoms with Gasteiger partial charge < -0.3 is 5.73 Å². The molecule has 0 radical (unpaired) electrons. The molecule has 1 atom stereocenters. The third-order valence-corrected chi connectivity index (χ3v) is 4.59. The summed E-state index contributed by atoms with van der Waals surface area (Å²) in [4.78, 5) is 0. The molecule has 0 spiro atoms. The molecule has 0 saturated carbocycles. The Morgan fingerprint density at radius 1 is 1.40 bits per heavy atom. The van der Waals surface area contributed by atoms with Gasteiger partial charge in [0, 0.05) is 6.04 Å². The first-order valence-electron chi connectivity index (χ1n) is 4.76. The fourth-order valence-electron chi connectivity index (χ4n) is 1.44. The van der Waals surface area contributed by atoms with Crippen LogP contribution in [-0.2, 0) is 6.42 Å². The van der Waals surface area contributed by atoms with E-state index in [4.69, 9.17) is 5.73 Å². The van der Waals surface area contributed by atoms with Crippen LogP contribution < -0.4 is 5.73 Å². The van der Waals surface area contributed by atoms with Gasteiger partial charge in [-0.25, -0.2) is 0 Å². The van der Waals surface area contributed by atoms with E-state index < -0.39 is 0 Å². The molecule has 1 nitrogen and oxygen atoms in total. The number of aryl methyl sites for hydroxylation is 1. The fourth-order valence-corrected chi connectivity index (χ4v) is 3.39. The van der Waals surface area contributed by atoms with Crippen molar-refractivity contribution in [1.82, 2.24) is 0 Å². The summed E-state index contributed by atoms with van der Waals surface area (Å²) in [5, 5.41) is 6.43. The molecule has 0 aliphatic rings. The van der Waals surface area contributed by atoms with Crippen LogP contribution in [0.5, 0.6) is 0 Å². The van der Waals surface area contributed by atoms with E-state index in [1.165, 1.54) is 11.1 Å². The molecular formula is C11H12BrNS2. The Hall–Kier alpha value is -0.160. The van der Waals surface area contributed by atoms with E-state index in [1.54, 1.807) is 22.7 Å². The summed E-state index contributed by atoms with van der Waals surface area (Å²) in [7, 11) is 0. The molecule has 15 heavy (non-hydrogen) atoms. The summed E-state index contributed by atoms with van der Waals surface area (Å²) in [6.45, 7) is 0. The van der Waals surface area contributed by atoms with E-state index >= 15 is 0 Å².